The summed E-state index contributed by atoms with van der Waals surface area (Å²) in [6.45, 7) is 3.00. The van der Waals surface area contributed by atoms with Crippen molar-refractivity contribution >= 4 is 11.8 Å². The zero-order valence-electron chi connectivity index (χ0n) is 9.11. The van der Waals surface area contributed by atoms with E-state index >= 15 is 0 Å². The zero-order chi connectivity index (χ0) is 12.3. The Kier molecular flexibility index (Phi) is 3.77. The van der Waals surface area contributed by atoms with Crippen molar-refractivity contribution in [3.63, 3.8) is 0 Å². The van der Waals surface area contributed by atoms with Crippen LogP contribution in [0.1, 0.15) is 24.2 Å². The maximum absolute atomic E-state index is 12.9. The molecule has 0 aliphatic rings. The van der Waals surface area contributed by atoms with Crippen molar-refractivity contribution in [1.29, 1.82) is 0 Å². The fourth-order valence-electron chi connectivity index (χ4n) is 1.35. The van der Waals surface area contributed by atoms with Crippen LogP contribution in [-0.2, 0) is 4.79 Å². The van der Waals surface area contributed by atoms with Gasteiger partial charge in [0.2, 0.25) is 0 Å². The number of Topliss-reactive ketones (excluding diaryl/α,β-unsaturated/α-hetero) is 1. The fourth-order valence-corrected chi connectivity index (χ4v) is 1.35. The maximum Gasteiger partial charge on any atom is 0.306 e. The van der Waals surface area contributed by atoms with E-state index in [-0.39, 0.29) is 11.3 Å². The predicted octanol–water partition coefficient (Wildman–Crippen LogP) is 2.37. The molecule has 1 aromatic carbocycles. The molecule has 16 heavy (non-hydrogen) atoms. The van der Waals surface area contributed by atoms with Gasteiger partial charge in [-0.3, -0.25) is 9.59 Å². The van der Waals surface area contributed by atoms with E-state index in [0.29, 0.717) is 0 Å². The highest BCUT2D eigenvalue weighted by Gasteiger charge is 2.26. The van der Waals surface area contributed by atoms with Crippen LogP contribution in [0, 0.1) is 17.7 Å². The summed E-state index contributed by atoms with van der Waals surface area (Å²) >= 11 is 0. The number of carbonyl (C=O) groups excluding carboxylic acids is 1. The molecule has 0 saturated heterocycles. The number of benzene rings is 1. The molecule has 1 aromatic rings. The van der Waals surface area contributed by atoms with Gasteiger partial charge in [-0.25, -0.2) is 4.39 Å². The molecule has 2 unspecified atom stereocenters. The van der Waals surface area contributed by atoms with Gasteiger partial charge in [-0.15, -0.1) is 0 Å². The molecule has 0 bridgehead atoms. The van der Waals surface area contributed by atoms with Crippen LogP contribution < -0.4 is 0 Å². The Bertz CT molecular complexity index is 414. The lowest BCUT2D eigenvalue weighted by Gasteiger charge is -2.14. The Labute approximate surface area is 92.9 Å². The van der Waals surface area contributed by atoms with Crippen LogP contribution in [0.2, 0.25) is 0 Å². The summed E-state index contributed by atoms with van der Waals surface area (Å²) in [5, 5.41) is 8.78. The van der Waals surface area contributed by atoms with Crippen LogP contribution in [0.3, 0.4) is 0 Å². The van der Waals surface area contributed by atoms with Crippen molar-refractivity contribution in [2.75, 3.05) is 0 Å². The Hall–Kier alpha value is -1.71. The predicted molar refractivity (Wildman–Crippen MR) is 56.7 cm³/mol. The van der Waals surface area contributed by atoms with Crippen molar-refractivity contribution in [2.24, 2.45) is 11.8 Å². The molecular formula is C12H13FO3. The summed E-state index contributed by atoms with van der Waals surface area (Å²) < 4.78 is 12.9. The Balaban J connectivity index is 2.90. The lowest BCUT2D eigenvalue weighted by Crippen LogP contribution is -2.25. The molecule has 0 amide bonds. The summed E-state index contributed by atoms with van der Waals surface area (Å²) in [4.78, 5) is 22.5. The molecule has 0 heterocycles. The van der Waals surface area contributed by atoms with Gasteiger partial charge >= 0.3 is 5.97 Å². The second-order valence-corrected chi connectivity index (χ2v) is 3.79. The molecule has 4 heteroatoms. The van der Waals surface area contributed by atoms with Crippen molar-refractivity contribution < 1.29 is 19.1 Å². The van der Waals surface area contributed by atoms with E-state index in [1.807, 2.05) is 0 Å². The third-order valence-electron chi connectivity index (χ3n) is 2.66. The van der Waals surface area contributed by atoms with E-state index in [1.54, 1.807) is 0 Å². The molecule has 0 aliphatic heterocycles. The molecule has 0 fully saturated rings. The third kappa shape index (κ3) is 2.66. The second kappa shape index (κ2) is 4.88. The van der Waals surface area contributed by atoms with Crippen molar-refractivity contribution in [3.8, 4) is 0 Å². The van der Waals surface area contributed by atoms with Gasteiger partial charge in [-0.1, -0.05) is 26.0 Å². The average molecular weight is 224 g/mol. The highest BCUT2D eigenvalue weighted by atomic mass is 19.1. The van der Waals surface area contributed by atoms with Gasteiger partial charge in [0.25, 0.3) is 0 Å². The van der Waals surface area contributed by atoms with Crippen molar-refractivity contribution in [1.82, 2.24) is 0 Å². The first-order chi connectivity index (χ1) is 7.43. The first kappa shape index (κ1) is 12.4. The van der Waals surface area contributed by atoms with E-state index in [1.165, 1.54) is 32.0 Å². The van der Waals surface area contributed by atoms with Crippen molar-refractivity contribution in [3.05, 3.63) is 35.6 Å². The normalized spacial score (nSPS) is 14.2. The highest BCUT2D eigenvalue weighted by molar-refractivity contribution is 5.99. The fraction of sp³-hybridized carbons (Fsp3) is 0.333. The number of ketones is 1. The molecular weight excluding hydrogens is 211 g/mol. The summed E-state index contributed by atoms with van der Waals surface area (Å²) in [6.07, 6.45) is 0. The summed E-state index contributed by atoms with van der Waals surface area (Å²) in [7, 11) is 0. The minimum absolute atomic E-state index is 0.209. The number of carboxylic acid groups (broad SMARTS) is 1. The minimum atomic E-state index is -1.03. The molecule has 0 aliphatic carbocycles. The van der Waals surface area contributed by atoms with Gasteiger partial charge in [0.05, 0.1) is 5.92 Å². The van der Waals surface area contributed by atoms with E-state index in [9.17, 15) is 14.0 Å². The van der Waals surface area contributed by atoms with Gasteiger partial charge in [0.1, 0.15) is 5.82 Å². The molecule has 3 nitrogen and oxygen atoms in total. The molecule has 0 aromatic heterocycles. The lowest BCUT2D eigenvalue weighted by atomic mass is 9.88. The number of hydrogen-bond acceptors (Lipinski definition) is 2. The number of carboxylic acids is 1. The van der Waals surface area contributed by atoms with Crippen LogP contribution in [0.15, 0.2) is 24.3 Å². The quantitative estimate of drug-likeness (QED) is 0.799. The second-order valence-electron chi connectivity index (χ2n) is 3.79. The smallest absolute Gasteiger partial charge is 0.306 e. The Morgan fingerprint density at radius 3 is 2.38 bits per heavy atom. The maximum atomic E-state index is 12.9. The molecule has 2 atom stereocenters. The topological polar surface area (TPSA) is 54.4 Å². The standard InChI is InChI=1S/C12H13FO3/c1-7(8(2)12(15)16)11(14)9-4-3-5-10(13)6-9/h3-8H,1-2H3,(H,15,16). The molecule has 0 radical (unpaired) electrons. The first-order valence-electron chi connectivity index (χ1n) is 4.96. The van der Waals surface area contributed by atoms with Crippen LogP contribution in [0.25, 0.3) is 0 Å². The lowest BCUT2D eigenvalue weighted by molar-refractivity contribution is -0.142. The monoisotopic (exact) mass is 224 g/mol. The minimum Gasteiger partial charge on any atom is -0.481 e. The number of rotatable bonds is 4. The number of aliphatic carboxylic acids is 1. The zero-order valence-corrected chi connectivity index (χ0v) is 9.11. The largest absolute Gasteiger partial charge is 0.481 e. The summed E-state index contributed by atoms with van der Waals surface area (Å²) in [5.41, 5.74) is 0.209. The van der Waals surface area contributed by atoms with Gasteiger partial charge in [0, 0.05) is 11.5 Å². The van der Waals surface area contributed by atoms with E-state index in [4.69, 9.17) is 5.11 Å². The first-order valence-corrected chi connectivity index (χ1v) is 4.96. The SMILES string of the molecule is CC(C(=O)O)C(C)C(=O)c1cccc(F)c1. The van der Waals surface area contributed by atoms with Crippen molar-refractivity contribution in [2.45, 2.75) is 13.8 Å². The Morgan fingerprint density at radius 1 is 1.25 bits per heavy atom. The molecule has 0 saturated carbocycles. The van der Waals surface area contributed by atoms with Gasteiger partial charge in [-0.2, -0.15) is 0 Å². The number of carbonyl (C=O) groups is 2. The molecule has 0 spiro atoms. The third-order valence-corrected chi connectivity index (χ3v) is 2.66. The average Bonchev–Trinajstić information content (AvgIpc) is 2.26. The molecule has 86 valence electrons. The highest BCUT2D eigenvalue weighted by Crippen LogP contribution is 2.18. The van der Waals surface area contributed by atoms with E-state index in [0.717, 1.165) is 6.07 Å². The van der Waals surface area contributed by atoms with Gasteiger partial charge in [-0.05, 0) is 12.1 Å². The van der Waals surface area contributed by atoms with Gasteiger partial charge < -0.3 is 5.11 Å². The van der Waals surface area contributed by atoms with Crippen LogP contribution in [-0.4, -0.2) is 16.9 Å². The van der Waals surface area contributed by atoms with E-state index in [2.05, 4.69) is 0 Å². The van der Waals surface area contributed by atoms with E-state index < -0.39 is 23.6 Å². The van der Waals surface area contributed by atoms with Crippen LogP contribution in [0.4, 0.5) is 4.39 Å². The van der Waals surface area contributed by atoms with Crippen LogP contribution in [0.5, 0.6) is 0 Å². The summed E-state index contributed by atoms with van der Waals surface area (Å²) in [6, 6.07) is 5.27. The van der Waals surface area contributed by atoms with Crippen LogP contribution >= 0.6 is 0 Å². The molecule has 1 N–H and O–H groups in total. The Morgan fingerprint density at radius 2 is 1.88 bits per heavy atom. The number of hydrogen-bond donors (Lipinski definition) is 1. The summed E-state index contributed by atoms with van der Waals surface area (Å²) in [5.74, 6) is -3.33. The molecule has 1 rings (SSSR count). The van der Waals surface area contributed by atoms with Gasteiger partial charge in [0.15, 0.2) is 5.78 Å². The number of halogens is 1.